The maximum absolute atomic E-state index is 11.3. The zero-order valence-electron chi connectivity index (χ0n) is 7.38. The van der Waals surface area contributed by atoms with Crippen molar-refractivity contribution in [2.75, 3.05) is 19.7 Å². The van der Waals surface area contributed by atoms with Gasteiger partial charge in [0.1, 0.15) is 0 Å². The van der Waals surface area contributed by atoms with Crippen molar-refractivity contribution >= 4 is 5.97 Å². The lowest BCUT2D eigenvalue weighted by molar-refractivity contribution is -0.155. The zero-order chi connectivity index (χ0) is 8.55. The number of carbonyl (C=O) groups excluding carboxylic acids is 1. The molecule has 0 radical (unpaired) electrons. The van der Waals surface area contributed by atoms with Crippen LogP contribution in [0.15, 0.2) is 0 Å². The number of esters is 1. The third kappa shape index (κ3) is 1.12. The number of hydrogen-bond donors (Lipinski definition) is 1. The average Bonchev–Trinajstić information content (AvgIpc) is 2.33. The molecule has 68 valence electrons. The highest BCUT2D eigenvalue weighted by Gasteiger charge is 2.48. The number of nitrogens with one attached hydrogen (secondary N) is 1. The summed E-state index contributed by atoms with van der Waals surface area (Å²) in [6.45, 7) is 4.48. The second kappa shape index (κ2) is 3.05. The molecule has 12 heavy (non-hydrogen) atoms. The van der Waals surface area contributed by atoms with Gasteiger partial charge in [0, 0.05) is 0 Å². The molecule has 0 aromatic heterocycles. The molecular formula is C9H15NO2. The van der Waals surface area contributed by atoms with Gasteiger partial charge in [0.25, 0.3) is 0 Å². The van der Waals surface area contributed by atoms with Gasteiger partial charge >= 0.3 is 5.97 Å². The number of hydrogen-bond acceptors (Lipinski definition) is 3. The first-order valence-electron chi connectivity index (χ1n) is 4.70. The van der Waals surface area contributed by atoms with E-state index in [1.54, 1.807) is 0 Å². The van der Waals surface area contributed by atoms with Gasteiger partial charge in [-0.2, -0.15) is 0 Å². The van der Waals surface area contributed by atoms with Gasteiger partial charge < -0.3 is 10.1 Å². The van der Waals surface area contributed by atoms with Crippen LogP contribution in [0, 0.1) is 17.8 Å². The predicted molar refractivity (Wildman–Crippen MR) is 44.6 cm³/mol. The quantitative estimate of drug-likeness (QED) is 0.608. The van der Waals surface area contributed by atoms with E-state index >= 15 is 0 Å². The maximum atomic E-state index is 11.3. The molecule has 0 aromatic rings. The molecule has 1 saturated heterocycles. The number of ether oxygens (including phenoxy) is 1. The van der Waals surface area contributed by atoms with Crippen LogP contribution in [-0.4, -0.2) is 25.7 Å². The predicted octanol–water partition coefficient (Wildman–Crippen LogP) is 0.405. The van der Waals surface area contributed by atoms with Crippen LogP contribution < -0.4 is 5.32 Å². The molecule has 1 saturated carbocycles. The number of fused-ring (bicyclic) bond motifs is 1. The van der Waals surface area contributed by atoms with Gasteiger partial charge in [0.05, 0.1) is 12.5 Å². The van der Waals surface area contributed by atoms with Gasteiger partial charge in [0.15, 0.2) is 0 Å². The first-order chi connectivity index (χ1) is 5.83. The molecule has 0 bridgehead atoms. The molecule has 0 amide bonds. The lowest BCUT2D eigenvalue weighted by Crippen LogP contribution is -2.41. The standard InChI is InChI=1S/C9H15NO2/c1-2-12-9(11)7-3-6-4-10-5-8(6)7/h6-8,10H,2-5H2,1H3/t6-,7-,8+/m0/s1. The van der Waals surface area contributed by atoms with E-state index in [2.05, 4.69) is 5.32 Å². The second-order valence-electron chi connectivity index (χ2n) is 3.68. The molecule has 1 aliphatic carbocycles. The molecule has 0 aromatic carbocycles. The second-order valence-corrected chi connectivity index (χ2v) is 3.68. The fourth-order valence-corrected chi connectivity index (χ4v) is 2.31. The summed E-state index contributed by atoms with van der Waals surface area (Å²) in [5.41, 5.74) is 0. The molecule has 1 N–H and O–H groups in total. The first-order valence-corrected chi connectivity index (χ1v) is 4.70. The molecule has 0 spiro atoms. The van der Waals surface area contributed by atoms with Crippen molar-refractivity contribution in [2.45, 2.75) is 13.3 Å². The molecule has 3 heteroatoms. The Morgan fingerprint density at radius 2 is 2.42 bits per heavy atom. The van der Waals surface area contributed by atoms with E-state index < -0.39 is 0 Å². The van der Waals surface area contributed by atoms with Gasteiger partial charge in [0.2, 0.25) is 0 Å². The maximum Gasteiger partial charge on any atom is 0.309 e. The van der Waals surface area contributed by atoms with Crippen LogP contribution in [0.25, 0.3) is 0 Å². The van der Waals surface area contributed by atoms with Crippen LogP contribution in [-0.2, 0) is 9.53 Å². The largest absolute Gasteiger partial charge is 0.466 e. The van der Waals surface area contributed by atoms with Crippen LogP contribution in [0.4, 0.5) is 0 Å². The summed E-state index contributed by atoms with van der Waals surface area (Å²) in [6, 6.07) is 0. The van der Waals surface area contributed by atoms with Crippen LogP contribution in [0.2, 0.25) is 0 Å². The summed E-state index contributed by atoms with van der Waals surface area (Å²) in [7, 11) is 0. The van der Waals surface area contributed by atoms with Crippen molar-refractivity contribution in [3.05, 3.63) is 0 Å². The minimum absolute atomic E-state index is 0.0162. The number of rotatable bonds is 2. The summed E-state index contributed by atoms with van der Waals surface area (Å²) >= 11 is 0. The molecule has 3 atom stereocenters. The fourth-order valence-electron chi connectivity index (χ4n) is 2.31. The van der Waals surface area contributed by atoms with Gasteiger partial charge in [-0.05, 0) is 38.3 Å². The van der Waals surface area contributed by atoms with Crippen LogP contribution in [0.3, 0.4) is 0 Å². The Hall–Kier alpha value is -0.570. The third-order valence-electron chi connectivity index (χ3n) is 3.05. The number of carbonyl (C=O) groups is 1. The lowest BCUT2D eigenvalue weighted by atomic mass is 9.67. The van der Waals surface area contributed by atoms with E-state index in [9.17, 15) is 4.79 Å². The van der Waals surface area contributed by atoms with Gasteiger partial charge in [-0.25, -0.2) is 0 Å². The van der Waals surface area contributed by atoms with E-state index in [1.807, 2.05) is 6.92 Å². The Morgan fingerprint density at radius 3 is 3.08 bits per heavy atom. The van der Waals surface area contributed by atoms with Gasteiger partial charge in [-0.15, -0.1) is 0 Å². The molecule has 2 aliphatic rings. The first kappa shape index (κ1) is 8.05. The highest BCUT2D eigenvalue weighted by Crippen LogP contribution is 2.43. The van der Waals surface area contributed by atoms with E-state index in [0.29, 0.717) is 12.5 Å². The fraction of sp³-hybridized carbons (Fsp3) is 0.889. The van der Waals surface area contributed by atoms with Gasteiger partial charge in [-0.1, -0.05) is 0 Å². The SMILES string of the molecule is CCOC(=O)[C@H]1C[C@H]2CNC[C@H]21. The van der Waals surface area contributed by atoms with Crippen molar-refractivity contribution in [1.82, 2.24) is 5.32 Å². The summed E-state index contributed by atoms with van der Waals surface area (Å²) in [6.07, 6.45) is 1.04. The van der Waals surface area contributed by atoms with Crippen molar-refractivity contribution in [1.29, 1.82) is 0 Å². The van der Waals surface area contributed by atoms with E-state index in [0.717, 1.165) is 25.4 Å². The summed E-state index contributed by atoms with van der Waals surface area (Å²) in [4.78, 5) is 11.3. The molecular weight excluding hydrogens is 154 g/mol. The minimum Gasteiger partial charge on any atom is -0.466 e. The Labute approximate surface area is 72.5 Å². The van der Waals surface area contributed by atoms with E-state index in [4.69, 9.17) is 4.74 Å². The van der Waals surface area contributed by atoms with Crippen molar-refractivity contribution in [2.24, 2.45) is 17.8 Å². The topological polar surface area (TPSA) is 38.3 Å². The van der Waals surface area contributed by atoms with Crippen molar-refractivity contribution in [3.8, 4) is 0 Å². The smallest absolute Gasteiger partial charge is 0.309 e. The van der Waals surface area contributed by atoms with E-state index in [-0.39, 0.29) is 11.9 Å². The monoisotopic (exact) mass is 169 g/mol. The molecule has 2 fully saturated rings. The van der Waals surface area contributed by atoms with Crippen LogP contribution in [0.1, 0.15) is 13.3 Å². The van der Waals surface area contributed by atoms with Crippen molar-refractivity contribution < 1.29 is 9.53 Å². The average molecular weight is 169 g/mol. The minimum atomic E-state index is 0.0162. The Kier molecular flexibility index (Phi) is 2.05. The Morgan fingerprint density at radius 1 is 1.58 bits per heavy atom. The normalized spacial score (nSPS) is 38.6. The van der Waals surface area contributed by atoms with Gasteiger partial charge in [-0.3, -0.25) is 4.79 Å². The zero-order valence-corrected chi connectivity index (χ0v) is 7.38. The van der Waals surface area contributed by atoms with Crippen LogP contribution in [0.5, 0.6) is 0 Å². The Balaban J connectivity index is 1.87. The van der Waals surface area contributed by atoms with Crippen LogP contribution >= 0.6 is 0 Å². The molecule has 3 nitrogen and oxygen atoms in total. The van der Waals surface area contributed by atoms with E-state index in [1.165, 1.54) is 0 Å². The third-order valence-corrected chi connectivity index (χ3v) is 3.05. The molecule has 1 aliphatic heterocycles. The highest BCUT2D eigenvalue weighted by molar-refractivity contribution is 5.74. The lowest BCUT2D eigenvalue weighted by Gasteiger charge is -2.37. The van der Waals surface area contributed by atoms with Crippen molar-refractivity contribution in [3.63, 3.8) is 0 Å². The molecule has 2 rings (SSSR count). The Bertz CT molecular complexity index is 193. The summed E-state index contributed by atoms with van der Waals surface area (Å²) in [5, 5.41) is 3.30. The summed E-state index contributed by atoms with van der Waals surface area (Å²) in [5.74, 6) is 1.54. The molecule has 1 heterocycles. The highest BCUT2D eigenvalue weighted by atomic mass is 16.5. The summed E-state index contributed by atoms with van der Waals surface area (Å²) < 4.78 is 4.99. The molecule has 0 unspecified atom stereocenters.